The molecule has 4 nitrogen and oxygen atoms in total. The van der Waals surface area contributed by atoms with Crippen LogP contribution in [0.4, 0.5) is 0 Å². The summed E-state index contributed by atoms with van der Waals surface area (Å²) in [6.07, 6.45) is 1.75. The van der Waals surface area contributed by atoms with E-state index in [-0.39, 0.29) is 0 Å². The number of aldehydes is 1. The highest BCUT2D eigenvalue weighted by Gasteiger charge is 2.18. The maximum absolute atomic E-state index is 10.5. The Bertz CT molecular complexity index is 305. The summed E-state index contributed by atoms with van der Waals surface area (Å²) in [6.45, 7) is 1.88. The lowest BCUT2D eigenvalue weighted by Crippen LogP contribution is -2.26. The third kappa shape index (κ3) is 1.04. The van der Waals surface area contributed by atoms with Gasteiger partial charge in [0.05, 0.1) is 5.69 Å². The van der Waals surface area contributed by atoms with Crippen molar-refractivity contribution in [2.45, 2.75) is 13.0 Å². The molecule has 0 radical (unpaired) electrons. The van der Waals surface area contributed by atoms with Gasteiger partial charge in [-0.3, -0.25) is 9.89 Å². The monoisotopic (exact) mass is 165 g/mol. The van der Waals surface area contributed by atoms with Crippen molar-refractivity contribution >= 4 is 6.29 Å². The Morgan fingerprint density at radius 1 is 1.67 bits per heavy atom. The number of H-pyrrole nitrogens is 1. The SMILES string of the molecule is CN1CCc2c(C=O)n[nH]c2C1. The van der Waals surface area contributed by atoms with Crippen molar-refractivity contribution < 1.29 is 4.79 Å². The summed E-state index contributed by atoms with van der Waals surface area (Å²) in [5.74, 6) is 0. The first kappa shape index (κ1) is 7.49. The molecule has 1 aliphatic heterocycles. The lowest BCUT2D eigenvalue weighted by atomic mass is 10.1. The van der Waals surface area contributed by atoms with Gasteiger partial charge in [0.25, 0.3) is 0 Å². The summed E-state index contributed by atoms with van der Waals surface area (Å²) in [5.41, 5.74) is 2.77. The van der Waals surface area contributed by atoms with Gasteiger partial charge in [0.1, 0.15) is 5.69 Å². The molecule has 0 bridgehead atoms. The fourth-order valence-corrected chi connectivity index (χ4v) is 1.58. The highest BCUT2D eigenvalue weighted by Crippen LogP contribution is 2.17. The third-order valence-corrected chi connectivity index (χ3v) is 2.27. The molecule has 0 fully saturated rings. The molecule has 1 aromatic rings. The number of nitrogens with zero attached hydrogens (tertiary/aromatic N) is 2. The molecule has 0 aliphatic carbocycles. The van der Waals surface area contributed by atoms with Crippen LogP contribution in [0.25, 0.3) is 0 Å². The van der Waals surface area contributed by atoms with Crippen LogP contribution in [-0.2, 0) is 13.0 Å². The molecule has 12 heavy (non-hydrogen) atoms. The molecule has 2 rings (SSSR count). The molecule has 64 valence electrons. The molecule has 1 aromatic heterocycles. The van der Waals surface area contributed by atoms with Crippen LogP contribution in [0.15, 0.2) is 0 Å². The van der Waals surface area contributed by atoms with Crippen molar-refractivity contribution in [3.8, 4) is 0 Å². The molecular formula is C8H11N3O. The van der Waals surface area contributed by atoms with Gasteiger partial charge in [0.15, 0.2) is 6.29 Å². The van der Waals surface area contributed by atoms with Crippen molar-refractivity contribution in [3.05, 3.63) is 17.0 Å². The molecule has 0 amide bonds. The lowest BCUT2D eigenvalue weighted by Gasteiger charge is -2.21. The second-order valence-corrected chi connectivity index (χ2v) is 3.17. The standard InChI is InChI=1S/C8H11N3O/c1-11-3-2-6-7(4-11)9-10-8(6)5-12/h5H,2-4H2,1H3,(H,9,10). The zero-order valence-corrected chi connectivity index (χ0v) is 7.00. The zero-order chi connectivity index (χ0) is 8.55. The molecule has 1 aliphatic rings. The molecule has 0 aromatic carbocycles. The Balaban J connectivity index is 2.38. The number of fused-ring (bicyclic) bond motifs is 1. The Labute approximate surface area is 70.6 Å². The smallest absolute Gasteiger partial charge is 0.170 e. The maximum Gasteiger partial charge on any atom is 0.170 e. The Hall–Kier alpha value is -1.16. The van der Waals surface area contributed by atoms with Gasteiger partial charge in [0.2, 0.25) is 0 Å². The van der Waals surface area contributed by atoms with Gasteiger partial charge in [-0.1, -0.05) is 0 Å². The summed E-state index contributed by atoms with van der Waals surface area (Å²) in [5, 5.41) is 6.82. The van der Waals surface area contributed by atoms with E-state index in [2.05, 4.69) is 22.1 Å². The van der Waals surface area contributed by atoms with Gasteiger partial charge < -0.3 is 4.90 Å². The van der Waals surface area contributed by atoms with E-state index in [1.165, 1.54) is 0 Å². The topological polar surface area (TPSA) is 49.0 Å². The minimum atomic E-state index is 0.582. The number of hydrogen-bond acceptors (Lipinski definition) is 3. The number of nitrogens with one attached hydrogen (secondary N) is 1. The van der Waals surface area contributed by atoms with Crippen molar-refractivity contribution in [2.75, 3.05) is 13.6 Å². The molecule has 1 N–H and O–H groups in total. The molecule has 0 unspecified atom stereocenters. The molecule has 2 heterocycles. The largest absolute Gasteiger partial charge is 0.300 e. The van der Waals surface area contributed by atoms with E-state index in [1.807, 2.05) is 0 Å². The fourth-order valence-electron chi connectivity index (χ4n) is 1.58. The summed E-state index contributed by atoms with van der Waals surface area (Å²) < 4.78 is 0. The predicted octanol–water partition coefficient (Wildman–Crippen LogP) is 0.210. The van der Waals surface area contributed by atoms with Crippen LogP contribution >= 0.6 is 0 Å². The zero-order valence-electron chi connectivity index (χ0n) is 7.00. The molecule has 0 saturated heterocycles. The first-order chi connectivity index (χ1) is 5.81. The summed E-state index contributed by atoms with van der Waals surface area (Å²) in [7, 11) is 2.06. The minimum absolute atomic E-state index is 0.582. The van der Waals surface area contributed by atoms with E-state index in [4.69, 9.17) is 0 Å². The number of aromatic amines is 1. The van der Waals surface area contributed by atoms with E-state index >= 15 is 0 Å². The van der Waals surface area contributed by atoms with E-state index in [9.17, 15) is 4.79 Å². The van der Waals surface area contributed by atoms with Crippen molar-refractivity contribution in [1.82, 2.24) is 15.1 Å². The molecule has 0 spiro atoms. The van der Waals surface area contributed by atoms with Crippen LogP contribution in [0.1, 0.15) is 21.7 Å². The maximum atomic E-state index is 10.5. The van der Waals surface area contributed by atoms with Crippen LogP contribution in [0.5, 0.6) is 0 Å². The van der Waals surface area contributed by atoms with Crippen LogP contribution in [0, 0.1) is 0 Å². The third-order valence-electron chi connectivity index (χ3n) is 2.27. The number of hydrogen-bond donors (Lipinski definition) is 1. The molecular weight excluding hydrogens is 154 g/mol. The predicted molar refractivity (Wildman–Crippen MR) is 44.0 cm³/mol. The highest BCUT2D eigenvalue weighted by atomic mass is 16.1. The fraction of sp³-hybridized carbons (Fsp3) is 0.500. The lowest BCUT2D eigenvalue weighted by molar-refractivity contribution is 0.111. The summed E-state index contributed by atoms with van der Waals surface area (Å²) in [4.78, 5) is 12.7. The van der Waals surface area contributed by atoms with Crippen LogP contribution in [0.3, 0.4) is 0 Å². The minimum Gasteiger partial charge on any atom is -0.300 e. The van der Waals surface area contributed by atoms with Crippen LogP contribution in [-0.4, -0.2) is 35.0 Å². The summed E-state index contributed by atoms with van der Waals surface area (Å²) >= 11 is 0. The van der Waals surface area contributed by atoms with E-state index in [1.54, 1.807) is 0 Å². The number of carbonyl (C=O) groups excluding carboxylic acids is 1. The number of likely N-dealkylation sites (N-methyl/N-ethyl adjacent to an activating group) is 1. The first-order valence-electron chi connectivity index (χ1n) is 4.01. The second kappa shape index (κ2) is 2.71. The van der Waals surface area contributed by atoms with Gasteiger partial charge in [0, 0.05) is 18.7 Å². The Kier molecular flexibility index (Phi) is 1.69. The van der Waals surface area contributed by atoms with Gasteiger partial charge in [-0.15, -0.1) is 0 Å². The van der Waals surface area contributed by atoms with E-state index in [0.717, 1.165) is 37.1 Å². The van der Waals surface area contributed by atoms with Crippen molar-refractivity contribution in [3.63, 3.8) is 0 Å². The van der Waals surface area contributed by atoms with Crippen LogP contribution < -0.4 is 0 Å². The van der Waals surface area contributed by atoms with Crippen molar-refractivity contribution in [2.24, 2.45) is 0 Å². The average Bonchev–Trinajstić information content (AvgIpc) is 2.46. The first-order valence-corrected chi connectivity index (χ1v) is 4.01. The normalized spacial score (nSPS) is 17.4. The van der Waals surface area contributed by atoms with Gasteiger partial charge in [-0.25, -0.2) is 0 Å². The second-order valence-electron chi connectivity index (χ2n) is 3.17. The van der Waals surface area contributed by atoms with E-state index in [0.29, 0.717) is 5.69 Å². The quantitative estimate of drug-likeness (QED) is 0.605. The van der Waals surface area contributed by atoms with Crippen LogP contribution in [0.2, 0.25) is 0 Å². The van der Waals surface area contributed by atoms with Crippen molar-refractivity contribution in [1.29, 1.82) is 0 Å². The molecule has 4 heteroatoms. The number of rotatable bonds is 1. The van der Waals surface area contributed by atoms with E-state index < -0.39 is 0 Å². The molecule has 0 atom stereocenters. The van der Waals surface area contributed by atoms with Gasteiger partial charge >= 0.3 is 0 Å². The Morgan fingerprint density at radius 3 is 3.25 bits per heavy atom. The highest BCUT2D eigenvalue weighted by molar-refractivity contribution is 5.74. The molecule has 0 saturated carbocycles. The number of carbonyl (C=O) groups is 1. The number of aromatic nitrogens is 2. The van der Waals surface area contributed by atoms with Gasteiger partial charge in [-0.05, 0) is 13.5 Å². The van der Waals surface area contributed by atoms with Gasteiger partial charge in [-0.2, -0.15) is 5.10 Å². The Morgan fingerprint density at radius 2 is 2.50 bits per heavy atom. The average molecular weight is 165 g/mol. The summed E-state index contributed by atoms with van der Waals surface area (Å²) in [6, 6.07) is 0.